The zero-order chi connectivity index (χ0) is 16.7. The van der Waals surface area contributed by atoms with Gasteiger partial charge in [-0.05, 0) is 25.7 Å². The molecule has 1 amide bonds. The Kier molecular flexibility index (Phi) is 6.13. The Labute approximate surface area is 167 Å². The summed E-state index contributed by atoms with van der Waals surface area (Å²) in [4.78, 5) is 20.7. The van der Waals surface area contributed by atoms with E-state index in [-0.39, 0.29) is 36.4 Å². The monoisotopic (exact) mass is 462 g/mol. The Morgan fingerprint density at radius 2 is 1.72 bits per heavy atom. The van der Waals surface area contributed by atoms with E-state index in [4.69, 9.17) is 4.74 Å². The molecule has 0 spiro atoms. The summed E-state index contributed by atoms with van der Waals surface area (Å²) in [5.41, 5.74) is 0. The Morgan fingerprint density at radius 1 is 1.12 bits per heavy atom. The second-order valence-corrected chi connectivity index (χ2v) is 8.08. The highest BCUT2D eigenvalue weighted by atomic mass is 127. The van der Waals surface area contributed by atoms with Crippen LogP contribution >= 0.6 is 24.0 Å². The third kappa shape index (κ3) is 3.91. The summed E-state index contributed by atoms with van der Waals surface area (Å²) in [6.45, 7) is 2.29. The van der Waals surface area contributed by atoms with Crippen LogP contribution in [0, 0.1) is 11.8 Å². The summed E-state index contributed by atoms with van der Waals surface area (Å²) in [5.74, 6) is 2.32. The number of ether oxygens (including phenoxy) is 1. The molecule has 3 saturated heterocycles. The number of nitrogens with zero attached hydrogens (tertiary/aromatic N) is 3. The standard InChI is InChI=1S/C18H30N4O2.HI/c1-21(2)17(23)9-19-18(20-12-5-3-4-6-12)22-10-13-14(11-22)16-8-7-15(13)24-16;/h12-16H,3-11H2,1-2H3,(H,19,20);1H. The fraction of sp³-hybridized carbons (Fsp3) is 0.889. The fourth-order valence-electron chi connectivity index (χ4n) is 4.91. The number of hydrogen-bond acceptors (Lipinski definition) is 3. The van der Waals surface area contributed by atoms with Crippen LogP contribution in [-0.2, 0) is 9.53 Å². The lowest BCUT2D eigenvalue weighted by Gasteiger charge is -2.26. The summed E-state index contributed by atoms with van der Waals surface area (Å²) in [6.07, 6.45) is 8.39. The maximum Gasteiger partial charge on any atom is 0.243 e. The maximum atomic E-state index is 12.0. The molecule has 7 heteroatoms. The van der Waals surface area contributed by atoms with Gasteiger partial charge in [0.2, 0.25) is 5.91 Å². The van der Waals surface area contributed by atoms with Crippen LogP contribution in [0.2, 0.25) is 0 Å². The molecule has 0 aromatic carbocycles. The van der Waals surface area contributed by atoms with E-state index < -0.39 is 0 Å². The number of rotatable bonds is 3. The minimum atomic E-state index is 0. The van der Waals surface area contributed by atoms with E-state index in [1.165, 1.54) is 38.5 Å². The van der Waals surface area contributed by atoms with Gasteiger partial charge in [0, 0.05) is 45.1 Å². The van der Waals surface area contributed by atoms with Gasteiger partial charge in [0.15, 0.2) is 5.96 Å². The molecule has 0 aromatic rings. The summed E-state index contributed by atoms with van der Waals surface area (Å²) in [5, 5.41) is 3.66. The van der Waals surface area contributed by atoms with Gasteiger partial charge in [-0.3, -0.25) is 4.79 Å². The van der Waals surface area contributed by atoms with E-state index in [0.29, 0.717) is 30.1 Å². The van der Waals surface area contributed by atoms with Crippen molar-refractivity contribution in [2.24, 2.45) is 16.8 Å². The van der Waals surface area contributed by atoms with Crippen LogP contribution in [0.25, 0.3) is 0 Å². The predicted molar refractivity (Wildman–Crippen MR) is 108 cm³/mol. The first-order chi connectivity index (χ1) is 11.6. The van der Waals surface area contributed by atoms with Gasteiger partial charge in [-0.2, -0.15) is 0 Å². The van der Waals surface area contributed by atoms with Gasteiger partial charge >= 0.3 is 0 Å². The molecule has 0 radical (unpaired) electrons. The van der Waals surface area contributed by atoms with Crippen molar-refractivity contribution in [3.05, 3.63) is 0 Å². The fourth-order valence-corrected chi connectivity index (χ4v) is 4.91. The van der Waals surface area contributed by atoms with E-state index in [9.17, 15) is 4.79 Å². The van der Waals surface area contributed by atoms with Crippen LogP contribution in [0.3, 0.4) is 0 Å². The first kappa shape index (κ1) is 19.2. The van der Waals surface area contributed by atoms with E-state index in [1.54, 1.807) is 19.0 Å². The lowest BCUT2D eigenvalue weighted by Crippen LogP contribution is -2.45. The maximum absolute atomic E-state index is 12.0. The second kappa shape index (κ2) is 7.98. The van der Waals surface area contributed by atoms with Crippen molar-refractivity contribution in [3.63, 3.8) is 0 Å². The number of halogens is 1. The lowest BCUT2D eigenvalue weighted by atomic mass is 9.82. The summed E-state index contributed by atoms with van der Waals surface area (Å²) < 4.78 is 6.08. The lowest BCUT2D eigenvalue weighted by molar-refractivity contribution is -0.127. The van der Waals surface area contributed by atoms with Gasteiger partial charge in [-0.25, -0.2) is 4.99 Å². The van der Waals surface area contributed by atoms with Crippen molar-refractivity contribution >= 4 is 35.8 Å². The van der Waals surface area contributed by atoms with Crippen LogP contribution < -0.4 is 5.32 Å². The minimum absolute atomic E-state index is 0. The second-order valence-electron chi connectivity index (χ2n) is 8.08. The number of fused-ring (bicyclic) bond motifs is 5. The molecule has 4 atom stereocenters. The Balaban J connectivity index is 0.00000182. The third-order valence-corrected chi connectivity index (χ3v) is 6.30. The number of likely N-dealkylation sites (N-methyl/N-ethyl adjacent to an activating group) is 1. The molecule has 4 unspecified atom stereocenters. The predicted octanol–water partition coefficient (Wildman–Crippen LogP) is 1.69. The number of guanidine groups is 1. The number of carbonyl (C=O) groups is 1. The molecule has 4 rings (SSSR count). The van der Waals surface area contributed by atoms with Crippen molar-refractivity contribution in [3.8, 4) is 0 Å². The molecule has 25 heavy (non-hydrogen) atoms. The molecule has 4 fully saturated rings. The number of likely N-dealkylation sites (tertiary alicyclic amines) is 1. The molecule has 142 valence electrons. The van der Waals surface area contributed by atoms with Crippen molar-refractivity contribution in [1.29, 1.82) is 0 Å². The van der Waals surface area contributed by atoms with Crippen LogP contribution in [-0.4, -0.2) is 73.6 Å². The van der Waals surface area contributed by atoms with Crippen LogP contribution in [0.15, 0.2) is 4.99 Å². The van der Waals surface area contributed by atoms with Crippen molar-refractivity contribution in [1.82, 2.24) is 15.1 Å². The third-order valence-electron chi connectivity index (χ3n) is 6.30. The molecule has 1 N–H and O–H groups in total. The zero-order valence-electron chi connectivity index (χ0n) is 15.3. The van der Waals surface area contributed by atoms with E-state index in [2.05, 4.69) is 15.2 Å². The molecule has 4 aliphatic rings. The van der Waals surface area contributed by atoms with E-state index >= 15 is 0 Å². The average Bonchev–Trinajstić information content (AvgIpc) is 3.32. The Bertz CT molecular complexity index is 503. The Hall–Kier alpha value is -0.570. The smallest absolute Gasteiger partial charge is 0.243 e. The first-order valence-electron chi connectivity index (χ1n) is 9.53. The van der Waals surface area contributed by atoms with Gasteiger partial charge in [0.1, 0.15) is 6.54 Å². The molecule has 2 bridgehead atoms. The number of aliphatic imine (C=N–C) groups is 1. The topological polar surface area (TPSA) is 57.2 Å². The summed E-state index contributed by atoms with van der Waals surface area (Å²) >= 11 is 0. The van der Waals surface area contributed by atoms with Gasteiger partial charge in [0.05, 0.1) is 12.2 Å². The van der Waals surface area contributed by atoms with Crippen molar-refractivity contribution in [2.75, 3.05) is 33.7 Å². The van der Waals surface area contributed by atoms with Gasteiger partial charge in [-0.1, -0.05) is 12.8 Å². The highest BCUT2D eigenvalue weighted by Gasteiger charge is 2.53. The quantitative estimate of drug-likeness (QED) is 0.394. The highest BCUT2D eigenvalue weighted by Crippen LogP contribution is 2.47. The van der Waals surface area contributed by atoms with E-state index in [0.717, 1.165) is 19.0 Å². The van der Waals surface area contributed by atoms with E-state index in [1.807, 2.05) is 0 Å². The number of nitrogens with one attached hydrogen (secondary N) is 1. The normalized spacial score (nSPS) is 34.2. The van der Waals surface area contributed by atoms with Crippen LogP contribution in [0.4, 0.5) is 0 Å². The zero-order valence-corrected chi connectivity index (χ0v) is 17.6. The number of hydrogen-bond donors (Lipinski definition) is 1. The molecule has 1 aliphatic carbocycles. The molecular weight excluding hydrogens is 431 g/mol. The molecule has 1 saturated carbocycles. The Morgan fingerprint density at radius 3 is 2.28 bits per heavy atom. The van der Waals surface area contributed by atoms with Gasteiger partial charge in [0.25, 0.3) is 0 Å². The van der Waals surface area contributed by atoms with Crippen molar-refractivity contribution < 1.29 is 9.53 Å². The molecule has 3 heterocycles. The highest BCUT2D eigenvalue weighted by molar-refractivity contribution is 14.0. The van der Waals surface area contributed by atoms with Gasteiger partial charge in [-0.15, -0.1) is 24.0 Å². The number of amides is 1. The first-order valence-corrected chi connectivity index (χ1v) is 9.53. The van der Waals surface area contributed by atoms with Crippen LogP contribution in [0.5, 0.6) is 0 Å². The van der Waals surface area contributed by atoms with Crippen molar-refractivity contribution in [2.45, 2.75) is 56.8 Å². The molecular formula is C18H31IN4O2. The number of carbonyl (C=O) groups excluding carboxylic acids is 1. The average molecular weight is 462 g/mol. The minimum Gasteiger partial charge on any atom is -0.374 e. The van der Waals surface area contributed by atoms with Gasteiger partial charge < -0.3 is 19.9 Å². The molecule has 6 nitrogen and oxygen atoms in total. The summed E-state index contributed by atoms with van der Waals surface area (Å²) in [7, 11) is 3.58. The summed E-state index contributed by atoms with van der Waals surface area (Å²) in [6, 6.07) is 0.520. The largest absolute Gasteiger partial charge is 0.374 e. The van der Waals surface area contributed by atoms with Crippen LogP contribution in [0.1, 0.15) is 38.5 Å². The SMILES string of the molecule is CN(C)C(=O)CN=C(NC1CCCC1)N1CC2C3CCC(O3)C2C1.I. The molecule has 0 aromatic heterocycles. The molecule has 3 aliphatic heterocycles.